The van der Waals surface area contributed by atoms with Crippen LogP contribution in [0.3, 0.4) is 0 Å². The van der Waals surface area contributed by atoms with Gasteiger partial charge in [0.1, 0.15) is 11.8 Å². The van der Waals surface area contributed by atoms with Crippen LogP contribution in [0.4, 0.5) is 0 Å². The molecule has 0 bridgehead atoms. The van der Waals surface area contributed by atoms with Crippen molar-refractivity contribution in [3.63, 3.8) is 0 Å². The van der Waals surface area contributed by atoms with Crippen molar-refractivity contribution >= 4 is 0 Å². The van der Waals surface area contributed by atoms with E-state index in [0.717, 1.165) is 31.4 Å². The molecule has 2 N–H and O–H groups in total. The fourth-order valence-electron chi connectivity index (χ4n) is 2.06. The lowest BCUT2D eigenvalue weighted by Crippen LogP contribution is -2.34. The zero-order valence-corrected chi connectivity index (χ0v) is 9.15. The number of rotatable bonds is 3. The van der Waals surface area contributed by atoms with Crippen LogP contribution in [-0.4, -0.2) is 17.3 Å². The summed E-state index contributed by atoms with van der Waals surface area (Å²) in [5.74, 6) is 1.15. The summed E-state index contributed by atoms with van der Waals surface area (Å²) in [4.78, 5) is 0. The standard InChI is InChI=1S/C12H16N2O2/c13-7-11-5-6-12(16-11)8-14-9-1-3-10(15)4-2-9/h5-6,9-10,14-15H,1-4,8H2. The van der Waals surface area contributed by atoms with Gasteiger partial charge in [-0.05, 0) is 37.8 Å². The highest BCUT2D eigenvalue weighted by Gasteiger charge is 2.18. The average molecular weight is 220 g/mol. The van der Waals surface area contributed by atoms with Crippen molar-refractivity contribution in [2.75, 3.05) is 0 Å². The lowest BCUT2D eigenvalue weighted by atomic mass is 9.93. The van der Waals surface area contributed by atoms with E-state index in [0.29, 0.717) is 18.3 Å². The average Bonchev–Trinajstić information content (AvgIpc) is 2.76. The lowest BCUT2D eigenvalue weighted by Gasteiger charge is -2.25. The van der Waals surface area contributed by atoms with Crippen LogP contribution >= 0.6 is 0 Å². The number of aliphatic hydroxyl groups excluding tert-OH is 1. The van der Waals surface area contributed by atoms with Crippen LogP contribution < -0.4 is 5.32 Å². The molecule has 1 fully saturated rings. The molecule has 1 aromatic rings. The zero-order chi connectivity index (χ0) is 11.4. The number of furan rings is 1. The molecule has 0 aliphatic heterocycles. The Bertz CT molecular complexity index is 373. The maximum atomic E-state index is 9.37. The Morgan fingerprint density at radius 1 is 1.38 bits per heavy atom. The minimum Gasteiger partial charge on any atom is -0.449 e. The number of aliphatic hydroxyl groups is 1. The van der Waals surface area contributed by atoms with E-state index >= 15 is 0 Å². The summed E-state index contributed by atoms with van der Waals surface area (Å²) in [6, 6.07) is 5.93. The van der Waals surface area contributed by atoms with E-state index in [9.17, 15) is 5.11 Å². The molecular formula is C12H16N2O2. The Labute approximate surface area is 94.9 Å². The van der Waals surface area contributed by atoms with Gasteiger partial charge in [-0.2, -0.15) is 5.26 Å². The first-order valence-corrected chi connectivity index (χ1v) is 5.68. The van der Waals surface area contributed by atoms with Gasteiger partial charge in [0.2, 0.25) is 5.76 Å². The minimum absolute atomic E-state index is 0.119. The summed E-state index contributed by atoms with van der Waals surface area (Å²) in [5, 5.41) is 21.4. The molecule has 0 atom stereocenters. The largest absolute Gasteiger partial charge is 0.449 e. The van der Waals surface area contributed by atoms with E-state index in [-0.39, 0.29) is 6.10 Å². The van der Waals surface area contributed by atoms with E-state index in [1.807, 2.05) is 12.1 Å². The van der Waals surface area contributed by atoms with Gasteiger partial charge in [0.05, 0.1) is 12.6 Å². The fourth-order valence-corrected chi connectivity index (χ4v) is 2.06. The van der Waals surface area contributed by atoms with Crippen LogP contribution in [0, 0.1) is 11.3 Å². The SMILES string of the molecule is N#Cc1ccc(CNC2CCC(O)CC2)o1. The van der Waals surface area contributed by atoms with Gasteiger partial charge in [-0.25, -0.2) is 0 Å². The van der Waals surface area contributed by atoms with Gasteiger partial charge >= 0.3 is 0 Å². The first-order chi connectivity index (χ1) is 7.78. The Kier molecular flexibility index (Phi) is 3.60. The van der Waals surface area contributed by atoms with Crippen LogP contribution in [0.2, 0.25) is 0 Å². The highest BCUT2D eigenvalue weighted by atomic mass is 16.3. The Morgan fingerprint density at radius 2 is 2.12 bits per heavy atom. The second kappa shape index (κ2) is 5.15. The number of hydrogen-bond acceptors (Lipinski definition) is 4. The Morgan fingerprint density at radius 3 is 2.75 bits per heavy atom. The molecule has 1 aliphatic carbocycles. The van der Waals surface area contributed by atoms with Gasteiger partial charge in [0.15, 0.2) is 0 Å². The van der Waals surface area contributed by atoms with Crippen molar-refractivity contribution in [2.24, 2.45) is 0 Å². The topological polar surface area (TPSA) is 69.2 Å². The van der Waals surface area contributed by atoms with Gasteiger partial charge in [-0.3, -0.25) is 0 Å². The number of nitriles is 1. The fraction of sp³-hybridized carbons (Fsp3) is 0.583. The van der Waals surface area contributed by atoms with E-state index in [1.165, 1.54) is 0 Å². The van der Waals surface area contributed by atoms with Crippen molar-refractivity contribution in [3.8, 4) is 6.07 Å². The summed E-state index contributed by atoms with van der Waals surface area (Å²) in [6.07, 6.45) is 3.64. The molecule has 16 heavy (non-hydrogen) atoms. The molecular weight excluding hydrogens is 204 g/mol. The molecule has 0 amide bonds. The van der Waals surface area contributed by atoms with Gasteiger partial charge in [0.25, 0.3) is 0 Å². The molecule has 4 heteroatoms. The highest BCUT2D eigenvalue weighted by molar-refractivity contribution is 5.18. The molecule has 1 saturated carbocycles. The van der Waals surface area contributed by atoms with Crippen LogP contribution in [0.1, 0.15) is 37.2 Å². The van der Waals surface area contributed by atoms with Crippen molar-refractivity contribution in [1.82, 2.24) is 5.32 Å². The maximum Gasteiger partial charge on any atom is 0.203 e. The van der Waals surface area contributed by atoms with Crippen molar-refractivity contribution in [3.05, 3.63) is 23.7 Å². The van der Waals surface area contributed by atoms with E-state index < -0.39 is 0 Å². The molecule has 0 unspecified atom stereocenters. The molecule has 0 radical (unpaired) electrons. The summed E-state index contributed by atoms with van der Waals surface area (Å²) >= 11 is 0. The minimum atomic E-state index is -0.119. The van der Waals surface area contributed by atoms with Gasteiger partial charge in [0, 0.05) is 6.04 Å². The van der Waals surface area contributed by atoms with Crippen molar-refractivity contribution in [1.29, 1.82) is 5.26 Å². The first kappa shape index (κ1) is 11.2. The second-order valence-corrected chi connectivity index (χ2v) is 4.26. The summed E-state index contributed by atoms with van der Waals surface area (Å²) in [5.41, 5.74) is 0. The Hall–Kier alpha value is -1.31. The van der Waals surface area contributed by atoms with Crippen LogP contribution in [0.25, 0.3) is 0 Å². The number of nitrogens with zero attached hydrogens (tertiary/aromatic N) is 1. The molecule has 0 aromatic carbocycles. The quantitative estimate of drug-likeness (QED) is 0.810. The summed E-state index contributed by atoms with van der Waals surface area (Å²) < 4.78 is 5.27. The highest BCUT2D eigenvalue weighted by Crippen LogP contribution is 2.18. The molecule has 1 aliphatic rings. The molecule has 1 aromatic heterocycles. The Balaban J connectivity index is 1.77. The number of nitrogens with one attached hydrogen (secondary N) is 1. The third-order valence-electron chi connectivity index (χ3n) is 3.03. The van der Waals surface area contributed by atoms with E-state index in [4.69, 9.17) is 9.68 Å². The summed E-state index contributed by atoms with van der Waals surface area (Å²) in [7, 11) is 0. The molecule has 0 spiro atoms. The second-order valence-electron chi connectivity index (χ2n) is 4.26. The predicted molar refractivity (Wildman–Crippen MR) is 58.5 cm³/mol. The first-order valence-electron chi connectivity index (χ1n) is 5.68. The predicted octanol–water partition coefficient (Wildman–Crippen LogP) is 1.54. The molecule has 0 saturated heterocycles. The zero-order valence-electron chi connectivity index (χ0n) is 9.15. The van der Waals surface area contributed by atoms with Crippen molar-refractivity contribution < 1.29 is 9.52 Å². The van der Waals surface area contributed by atoms with Gasteiger partial charge in [-0.1, -0.05) is 0 Å². The summed E-state index contributed by atoms with van der Waals surface area (Å²) in [6.45, 7) is 0.655. The normalized spacial score (nSPS) is 25.2. The molecule has 86 valence electrons. The van der Waals surface area contributed by atoms with Crippen LogP contribution in [0.15, 0.2) is 16.5 Å². The molecule has 4 nitrogen and oxygen atoms in total. The van der Waals surface area contributed by atoms with Gasteiger partial charge < -0.3 is 14.8 Å². The van der Waals surface area contributed by atoms with Gasteiger partial charge in [-0.15, -0.1) is 0 Å². The lowest BCUT2D eigenvalue weighted by molar-refractivity contribution is 0.116. The maximum absolute atomic E-state index is 9.37. The van der Waals surface area contributed by atoms with Crippen LogP contribution in [-0.2, 0) is 6.54 Å². The van der Waals surface area contributed by atoms with E-state index in [2.05, 4.69) is 5.32 Å². The third kappa shape index (κ3) is 2.84. The molecule has 1 heterocycles. The smallest absolute Gasteiger partial charge is 0.203 e. The number of hydrogen-bond donors (Lipinski definition) is 2. The molecule has 2 rings (SSSR count). The van der Waals surface area contributed by atoms with Crippen LogP contribution in [0.5, 0.6) is 0 Å². The monoisotopic (exact) mass is 220 g/mol. The third-order valence-corrected chi connectivity index (χ3v) is 3.03. The van der Waals surface area contributed by atoms with E-state index in [1.54, 1.807) is 6.07 Å². The van der Waals surface area contributed by atoms with Crippen molar-refractivity contribution in [2.45, 2.75) is 44.4 Å².